The van der Waals surface area contributed by atoms with Gasteiger partial charge in [-0.25, -0.2) is 0 Å². The van der Waals surface area contributed by atoms with Gasteiger partial charge in [-0.2, -0.15) is 0 Å². The zero-order valence-corrected chi connectivity index (χ0v) is 6.30. The van der Waals surface area contributed by atoms with Crippen LogP contribution in [-0.2, 0) is 0 Å². The van der Waals surface area contributed by atoms with Crippen LogP contribution < -0.4 is 0 Å². The summed E-state index contributed by atoms with van der Waals surface area (Å²) in [6, 6.07) is 0. The van der Waals surface area contributed by atoms with Crippen molar-refractivity contribution in [1.29, 1.82) is 0 Å². The van der Waals surface area contributed by atoms with Crippen LogP contribution in [0.1, 0.15) is 26.2 Å². The highest BCUT2D eigenvalue weighted by Crippen LogP contribution is 1.88. The summed E-state index contributed by atoms with van der Waals surface area (Å²) in [7, 11) is 0. The van der Waals surface area contributed by atoms with E-state index in [-0.39, 0.29) is 6.61 Å². The minimum absolute atomic E-state index is 0.194. The fourth-order valence-corrected chi connectivity index (χ4v) is 0.468. The summed E-state index contributed by atoms with van der Waals surface area (Å²) in [5, 5.41) is 17.2. The van der Waals surface area contributed by atoms with E-state index in [0.717, 1.165) is 12.8 Å². The van der Waals surface area contributed by atoms with Crippen molar-refractivity contribution in [3.05, 3.63) is 0 Å². The SMILES string of the molecule is CCCC#CCC(O)CO. The molecule has 0 saturated heterocycles. The molecule has 0 fully saturated rings. The quantitative estimate of drug-likeness (QED) is 0.564. The molecule has 0 aromatic rings. The molecule has 0 spiro atoms. The minimum atomic E-state index is -0.663. The van der Waals surface area contributed by atoms with Crippen molar-refractivity contribution in [2.75, 3.05) is 6.61 Å². The summed E-state index contributed by atoms with van der Waals surface area (Å²) in [6.45, 7) is 1.86. The van der Waals surface area contributed by atoms with E-state index in [0.29, 0.717) is 6.42 Å². The second-order valence-corrected chi connectivity index (χ2v) is 2.14. The first-order chi connectivity index (χ1) is 4.81. The number of hydrogen-bond acceptors (Lipinski definition) is 2. The Kier molecular flexibility index (Phi) is 6.25. The van der Waals surface area contributed by atoms with Crippen LogP contribution in [0.3, 0.4) is 0 Å². The molecule has 0 heterocycles. The summed E-state index contributed by atoms with van der Waals surface area (Å²) in [5.74, 6) is 5.66. The Morgan fingerprint density at radius 2 is 2.10 bits per heavy atom. The first-order valence-corrected chi connectivity index (χ1v) is 3.56. The van der Waals surface area contributed by atoms with E-state index in [1.165, 1.54) is 0 Å². The maximum Gasteiger partial charge on any atom is 0.0879 e. The first kappa shape index (κ1) is 9.48. The van der Waals surface area contributed by atoms with E-state index in [1.54, 1.807) is 0 Å². The van der Waals surface area contributed by atoms with E-state index in [1.807, 2.05) is 0 Å². The molecule has 0 radical (unpaired) electrons. The Labute approximate surface area is 61.9 Å². The van der Waals surface area contributed by atoms with Crippen LogP contribution in [0.2, 0.25) is 0 Å². The number of aliphatic hydroxyl groups excluding tert-OH is 2. The third-order valence-corrected chi connectivity index (χ3v) is 1.05. The summed E-state index contributed by atoms with van der Waals surface area (Å²) in [4.78, 5) is 0. The van der Waals surface area contributed by atoms with Gasteiger partial charge in [0.05, 0.1) is 12.7 Å². The smallest absolute Gasteiger partial charge is 0.0879 e. The monoisotopic (exact) mass is 142 g/mol. The van der Waals surface area contributed by atoms with Crippen molar-refractivity contribution in [2.45, 2.75) is 32.3 Å². The molecule has 2 heteroatoms. The van der Waals surface area contributed by atoms with Gasteiger partial charge in [0.1, 0.15) is 0 Å². The summed E-state index contributed by atoms with van der Waals surface area (Å²) < 4.78 is 0. The molecule has 2 N–H and O–H groups in total. The molecule has 0 aliphatic rings. The number of hydrogen-bond donors (Lipinski definition) is 2. The molecule has 0 aliphatic heterocycles. The molecular formula is C8H14O2. The lowest BCUT2D eigenvalue weighted by Crippen LogP contribution is -2.09. The molecule has 0 rings (SSSR count). The van der Waals surface area contributed by atoms with Crippen LogP contribution in [0.25, 0.3) is 0 Å². The van der Waals surface area contributed by atoms with Gasteiger partial charge in [-0.1, -0.05) is 6.92 Å². The maximum absolute atomic E-state index is 8.80. The van der Waals surface area contributed by atoms with Crippen LogP contribution in [0.5, 0.6) is 0 Å². The molecule has 0 saturated carbocycles. The average molecular weight is 142 g/mol. The summed E-state index contributed by atoms with van der Waals surface area (Å²) >= 11 is 0. The fraction of sp³-hybridized carbons (Fsp3) is 0.750. The van der Waals surface area contributed by atoms with Gasteiger partial charge in [-0.15, -0.1) is 11.8 Å². The van der Waals surface area contributed by atoms with Crippen molar-refractivity contribution in [2.24, 2.45) is 0 Å². The maximum atomic E-state index is 8.80. The minimum Gasteiger partial charge on any atom is -0.394 e. The van der Waals surface area contributed by atoms with Crippen molar-refractivity contribution < 1.29 is 10.2 Å². The number of rotatable bonds is 3. The topological polar surface area (TPSA) is 40.5 Å². The number of unbranched alkanes of at least 4 members (excludes halogenated alkanes) is 1. The van der Waals surface area contributed by atoms with E-state index in [9.17, 15) is 0 Å². The van der Waals surface area contributed by atoms with E-state index in [4.69, 9.17) is 10.2 Å². The van der Waals surface area contributed by atoms with Crippen molar-refractivity contribution in [1.82, 2.24) is 0 Å². The van der Waals surface area contributed by atoms with Crippen molar-refractivity contribution >= 4 is 0 Å². The van der Waals surface area contributed by atoms with Gasteiger partial charge in [0, 0.05) is 12.8 Å². The van der Waals surface area contributed by atoms with Gasteiger partial charge in [0.25, 0.3) is 0 Å². The van der Waals surface area contributed by atoms with Crippen LogP contribution >= 0.6 is 0 Å². The summed E-state index contributed by atoms with van der Waals surface area (Å²) in [6.07, 6.45) is 1.64. The zero-order valence-electron chi connectivity index (χ0n) is 6.30. The molecule has 0 aromatic carbocycles. The van der Waals surface area contributed by atoms with Gasteiger partial charge < -0.3 is 10.2 Å². The highest BCUT2D eigenvalue weighted by Gasteiger charge is 1.95. The Morgan fingerprint density at radius 3 is 2.60 bits per heavy atom. The third-order valence-electron chi connectivity index (χ3n) is 1.05. The van der Waals surface area contributed by atoms with E-state index < -0.39 is 6.10 Å². The van der Waals surface area contributed by atoms with Crippen LogP contribution in [-0.4, -0.2) is 22.9 Å². The Balaban J connectivity index is 3.26. The summed E-state index contributed by atoms with van der Waals surface area (Å²) in [5.41, 5.74) is 0. The Morgan fingerprint density at radius 1 is 1.40 bits per heavy atom. The van der Waals surface area contributed by atoms with Gasteiger partial charge in [0.15, 0.2) is 0 Å². The Hall–Kier alpha value is -0.520. The lowest BCUT2D eigenvalue weighted by atomic mass is 10.2. The van der Waals surface area contributed by atoms with Gasteiger partial charge in [0.2, 0.25) is 0 Å². The molecule has 0 bridgehead atoms. The fourth-order valence-electron chi connectivity index (χ4n) is 0.468. The average Bonchev–Trinajstić information content (AvgIpc) is 1.98. The highest BCUT2D eigenvalue weighted by atomic mass is 16.3. The first-order valence-electron chi connectivity index (χ1n) is 3.56. The molecule has 1 unspecified atom stereocenters. The lowest BCUT2D eigenvalue weighted by Gasteiger charge is -1.98. The Bertz CT molecular complexity index is 121. The standard InChI is InChI=1S/C8H14O2/c1-2-3-4-5-6-8(10)7-9/h8-10H,2-3,6-7H2,1H3. The molecule has 0 amide bonds. The second-order valence-electron chi connectivity index (χ2n) is 2.14. The van der Waals surface area contributed by atoms with Gasteiger partial charge in [-0.3, -0.25) is 0 Å². The molecule has 2 nitrogen and oxygen atoms in total. The highest BCUT2D eigenvalue weighted by molar-refractivity contribution is 4.99. The molecule has 0 aliphatic carbocycles. The number of aliphatic hydroxyl groups is 2. The van der Waals surface area contributed by atoms with Crippen LogP contribution in [0, 0.1) is 11.8 Å². The van der Waals surface area contributed by atoms with Crippen molar-refractivity contribution in [3.63, 3.8) is 0 Å². The normalized spacial score (nSPS) is 11.9. The lowest BCUT2D eigenvalue weighted by molar-refractivity contribution is 0.0992. The predicted molar refractivity (Wildman–Crippen MR) is 40.4 cm³/mol. The predicted octanol–water partition coefficient (Wildman–Crippen LogP) is 0.533. The molecule has 1 atom stereocenters. The molecule has 10 heavy (non-hydrogen) atoms. The molecular weight excluding hydrogens is 128 g/mol. The van der Waals surface area contributed by atoms with E-state index >= 15 is 0 Å². The zero-order chi connectivity index (χ0) is 7.82. The van der Waals surface area contributed by atoms with Crippen LogP contribution in [0.4, 0.5) is 0 Å². The van der Waals surface area contributed by atoms with Gasteiger partial charge in [-0.05, 0) is 6.42 Å². The molecule has 58 valence electrons. The van der Waals surface area contributed by atoms with Crippen LogP contribution in [0.15, 0.2) is 0 Å². The largest absolute Gasteiger partial charge is 0.394 e. The van der Waals surface area contributed by atoms with Gasteiger partial charge >= 0.3 is 0 Å². The third kappa shape index (κ3) is 5.61. The van der Waals surface area contributed by atoms with Crippen molar-refractivity contribution in [3.8, 4) is 11.8 Å². The van der Waals surface area contributed by atoms with E-state index in [2.05, 4.69) is 18.8 Å². The molecule has 0 aromatic heterocycles. The second kappa shape index (κ2) is 6.60.